The third kappa shape index (κ3) is 4.32. The second-order valence-electron chi connectivity index (χ2n) is 7.21. The zero-order valence-corrected chi connectivity index (χ0v) is 18.9. The molecular weight excluding hydrogens is 420 g/mol. The number of nitriles is 1. The van der Waals surface area contributed by atoms with Crippen LogP contribution in [0.15, 0.2) is 64.7 Å². The number of hydrogen-bond acceptors (Lipinski definition) is 5. The standard InChI is InChI=1S/C25H22N4O2S/c1-4-31-24(30)18-9-11-20(12-10-18)29-16(2)13-19(17(29)3)14-21(15-26)32-25-27-22-7-5-6-8-23(22)28-25/h5-14H,4H2,1-3H3,(H,27,28)/b21-14+. The number of H-pyrrole nitrogens is 1. The molecule has 2 aromatic heterocycles. The molecule has 0 saturated heterocycles. The molecule has 2 aromatic carbocycles. The molecule has 0 saturated carbocycles. The lowest BCUT2D eigenvalue weighted by Gasteiger charge is -2.10. The van der Waals surface area contributed by atoms with Crippen molar-refractivity contribution >= 4 is 34.8 Å². The lowest BCUT2D eigenvalue weighted by Crippen LogP contribution is -2.05. The molecule has 0 radical (unpaired) electrons. The van der Waals surface area contributed by atoms with Crippen LogP contribution in [0.3, 0.4) is 0 Å². The zero-order valence-electron chi connectivity index (χ0n) is 18.0. The Morgan fingerprint density at radius 3 is 2.66 bits per heavy atom. The molecule has 4 rings (SSSR count). The van der Waals surface area contributed by atoms with Crippen molar-refractivity contribution in [1.82, 2.24) is 14.5 Å². The number of benzene rings is 2. The fourth-order valence-electron chi connectivity index (χ4n) is 3.60. The topological polar surface area (TPSA) is 83.7 Å². The molecule has 7 heteroatoms. The minimum Gasteiger partial charge on any atom is -0.462 e. The van der Waals surface area contributed by atoms with Gasteiger partial charge in [-0.15, -0.1) is 0 Å². The maximum atomic E-state index is 11.9. The van der Waals surface area contributed by atoms with Crippen molar-refractivity contribution in [1.29, 1.82) is 5.26 Å². The van der Waals surface area contributed by atoms with Crippen LogP contribution in [-0.4, -0.2) is 27.1 Å². The van der Waals surface area contributed by atoms with Gasteiger partial charge in [-0.2, -0.15) is 5.26 Å². The Labute approximate surface area is 190 Å². The number of nitrogens with one attached hydrogen (secondary N) is 1. The number of aromatic amines is 1. The molecule has 4 aromatic rings. The Morgan fingerprint density at radius 1 is 1.22 bits per heavy atom. The molecule has 0 spiro atoms. The van der Waals surface area contributed by atoms with Gasteiger partial charge in [-0.25, -0.2) is 9.78 Å². The van der Waals surface area contributed by atoms with Gasteiger partial charge in [0.25, 0.3) is 0 Å². The third-order valence-corrected chi connectivity index (χ3v) is 5.89. The monoisotopic (exact) mass is 442 g/mol. The average Bonchev–Trinajstić information content (AvgIpc) is 3.33. The molecule has 0 unspecified atom stereocenters. The summed E-state index contributed by atoms with van der Waals surface area (Å²) in [6.45, 7) is 6.16. The van der Waals surface area contributed by atoms with Crippen molar-refractivity contribution in [2.24, 2.45) is 0 Å². The second kappa shape index (κ2) is 9.16. The molecule has 0 atom stereocenters. The normalized spacial score (nSPS) is 11.5. The Hall–Kier alpha value is -3.76. The predicted octanol–water partition coefficient (Wildman–Crippen LogP) is 5.80. The Kier molecular flexibility index (Phi) is 6.15. The van der Waals surface area contributed by atoms with E-state index < -0.39 is 0 Å². The zero-order chi connectivity index (χ0) is 22.7. The number of carbonyl (C=O) groups excluding carboxylic acids is 1. The van der Waals surface area contributed by atoms with Gasteiger partial charge < -0.3 is 14.3 Å². The Bertz CT molecular complexity index is 1320. The Balaban J connectivity index is 1.62. The first-order valence-corrected chi connectivity index (χ1v) is 11.0. The number of allylic oxidation sites excluding steroid dienone is 1. The number of ether oxygens (including phenoxy) is 1. The summed E-state index contributed by atoms with van der Waals surface area (Å²) in [6.07, 6.45) is 1.88. The average molecular weight is 443 g/mol. The number of para-hydroxylation sites is 2. The summed E-state index contributed by atoms with van der Waals surface area (Å²) >= 11 is 1.31. The molecule has 32 heavy (non-hydrogen) atoms. The van der Waals surface area contributed by atoms with Gasteiger partial charge in [-0.05, 0) is 86.6 Å². The minimum atomic E-state index is -0.329. The predicted molar refractivity (Wildman–Crippen MR) is 127 cm³/mol. The maximum absolute atomic E-state index is 11.9. The van der Waals surface area contributed by atoms with Gasteiger partial charge >= 0.3 is 5.97 Å². The first-order valence-electron chi connectivity index (χ1n) is 10.2. The number of aryl methyl sites for hydroxylation is 1. The van der Waals surface area contributed by atoms with E-state index in [4.69, 9.17) is 4.74 Å². The number of nitrogens with zero attached hydrogens (tertiary/aromatic N) is 3. The van der Waals surface area contributed by atoms with Crippen LogP contribution in [0.25, 0.3) is 22.8 Å². The number of esters is 1. The summed E-state index contributed by atoms with van der Waals surface area (Å²) in [5.41, 5.74) is 6.27. The molecule has 0 aliphatic carbocycles. The smallest absolute Gasteiger partial charge is 0.338 e. The summed E-state index contributed by atoms with van der Waals surface area (Å²) in [4.78, 5) is 20.2. The van der Waals surface area contributed by atoms with Crippen LogP contribution in [0.1, 0.15) is 34.2 Å². The molecule has 0 aliphatic heterocycles. The quantitative estimate of drug-likeness (QED) is 0.232. The van der Waals surface area contributed by atoms with E-state index in [2.05, 4.69) is 20.6 Å². The SMILES string of the molecule is CCOC(=O)c1ccc(-n2c(C)cc(/C=C(\C#N)Sc3nc4ccccc4[nH]3)c2C)cc1. The largest absolute Gasteiger partial charge is 0.462 e. The van der Waals surface area contributed by atoms with Crippen molar-refractivity contribution in [3.8, 4) is 11.8 Å². The van der Waals surface area contributed by atoms with E-state index >= 15 is 0 Å². The fourth-order valence-corrected chi connectivity index (χ4v) is 4.34. The minimum absolute atomic E-state index is 0.329. The van der Waals surface area contributed by atoms with Gasteiger partial charge in [0.05, 0.1) is 28.1 Å². The fraction of sp³-hybridized carbons (Fsp3) is 0.160. The number of thioether (sulfide) groups is 1. The van der Waals surface area contributed by atoms with Gasteiger partial charge in [0.1, 0.15) is 6.07 Å². The summed E-state index contributed by atoms with van der Waals surface area (Å²) in [6, 6.07) is 19.4. The summed E-state index contributed by atoms with van der Waals surface area (Å²) in [7, 11) is 0. The van der Waals surface area contributed by atoms with E-state index in [1.54, 1.807) is 19.1 Å². The molecule has 0 bridgehead atoms. The lowest BCUT2D eigenvalue weighted by atomic mass is 10.2. The highest BCUT2D eigenvalue weighted by atomic mass is 32.2. The number of fused-ring (bicyclic) bond motifs is 1. The molecule has 6 nitrogen and oxygen atoms in total. The van der Waals surface area contributed by atoms with Crippen LogP contribution in [-0.2, 0) is 4.74 Å². The van der Waals surface area contributed by atoms with E-state index in [-0.39, 0.29) is 5.97 Å². The van der Waals surface area contributed by atoms with Crippen LogP contribution >= 0.6 is 11.8 Å². The van der Waals surface area contributed by atoms with Gasteiger partial charge in [0, 0.05) is 17.1 Å². The molecular formula is C25H22N4O2S. The molecule has 0 amide bonds. The van der Waals surface area contributed by atoms with Crippen molar-refractivity contribution in [2.75, 3.05) is 6.61 Å². The van der Waals surface area contributed by atoms with Crippen LogP contribution < -0.4 is 0 Å². The van der Waals surface area contributed by atoms with Gasteiger partial charge in [-0.1, -0.05) is 12.1 Å². The van der Waals surface area contributed by atoms with Gasteiger partial charge in [0.15, 0.2) is 5.16 Å². The summed E-state index contributed by atoms with van der Waals surface area (Å²) in [5.74, 6) is -0.329. The van der Waals surface area contributed by atoms with Gasteiger partial charge in [-0.3, -0.25) is 0 Å². The van der Waals surface area contributed by atoms with E-state index in [1.807, 2.05) is 62.4 Å². The molecule has 0 aliphatic rings. The van der Waals surface area contributed by atoms with Crippen molar-refractivity contribution < 1.29 is 9.53 Å². The van der Waals surface area contributed by atoms with Crippen molar-refractivity contribution in [3.63, 3.8) is 0 Å². The first kappa shape index (κ1) is 21.5. The van der Waals surface area contributed by atoms with Crippen molar-refractivity contribution in [2.45, 2.75) is 25.9 Å². The second-order valence-corrected chi connectivity index (χ2v) is 8.24. The highest BCUT2D eigenvalue weighted by Crippen LogP contribution is 2.30. The third-order valence-electron chi connectivity index (χ3n) is 5.08. The molecule has 160 valence electrons. The van der Waals surface area contributed by atoms with Crippen LogP contribution in [0.4, 0.5) is 0 Å². The van der Waals surface area contributed by atoms with Crippen molar-refractivity contribution in [3.05, 3.63) is 82.0 Å². The Morgan fingerprint density at radius 2 is 1.97 bits per heavy atom. The van der Waals surface area contributed by atoms with Crippen LogP contribution in [0.2, 0.25) is 0 Å². The van der Waals surface area contributed by atoms with Gasteiger partial charge in [0.2, 0.25) is 0 Å². The summed E-state index contributed by atoms with van der Waals surface area (Å²) < 4.78 is 7.15. The molecule has 1 N–H and O–H groups in total. The lowest BCUT2D eigenvalue weighted by molar-refractivity contribution is 0.0526. The number of carbonyl (C=O) groups is 1. The molecule has 2 heterocycles. The first-order chi connectivity index (χ1) is 15.5. The van der Waals surface area contributed by atoms with Crippen LogP contribution in [0.5, 0.6) is 0 Å². The maximum Gasteiger partial charge on any atom is 0.338 e. The number of hydrogen-bond donors (Lipinski definition) is 1. The van der Waals surface area contributed by atoms with E-state index in [0.29, 0.717) is 22.2 Å². The molecule has 0 fully saturated rings. The van der Waals surface area contributed by atoms with E-state index in [9.17, 15) is 10.1 Å². The van der Waals surface area contributed by atoms with E-state index in [1.165, 1.54) is 11.8 Å². The number of rotatable bonds is 6. The highest BCUT2D eigenvalue weighted by molar-refractivity contribution is 8.03. The van der Waals surface area contributed by atoms with E-state index in [0.717, 1.165) is 33.7 Å². The summed E-state index contributed by atoms with van der Waals surface area (Å²) in [5, 5.41) is 10.4. The number of aromatic nitrogens is 3. The number of imidazole rings is 1. The van der Waals surface area contributed by atoms with Crippen LogP contribution in [0, 0.1) is 25.2 Å². The highest BCUT2D eigenvalue weighted by Gasteiger charge is 2.13.